The lowest BCUT2D eigenvalue weighted by Gasteiger charge is -2.26. The minimum absolute atomic E-state index is 0.115. The van der Waals surface area contributed by atoms with Gasteiger partial charge in [-0.15, -0.1) is 11.3 Å². The first-order valence-corrected chi connectivity index (χ1v) is 9.31. The van der Waals surface area contributed by atoms with Gasteiger partial charge in [0.15, 0.2) is 5.76 Å². The van der Waals surface area contributed by atoms with Crippen LogP contribution in [0, 0.1) is 0 Å². The monoisotopic (exact) mass is 376 g/mol. The number of Topliss-reactive ketones (excluding diaryl/α,β-unsaturated/α-hetero) is 1. The second-order valence-corrected chi connectivity index (χ2v) is 7.12. The molecular formula is C21H16N2O3S. The Hall–Kier alpha value is -3.25. The fourth-order valence-corrected chi connectivity index (χ4v) is 3.94. The van der Waals surface area contributed by atoms with Crippen LogP contribution >= 0.6 is 11.3 Å². The standard InChI is InChI=1S/C21H16N2O3S/c24-19(16-7-4-12-27-16)17-18(15-8-10-22-11-9-15)23(21(26)20(17)25)13-14-5-2-1-3-6-14/h1-12,18,25H,13H2. The van der Waals surface area contributed by atoms with E-state index >= 15 is 0 Å². The van der Waals surface area contributed by atoms with Gasteiger partial charge >= 0.3 is 0 Å². The molecule has 0 aliphatic carbocycles. The summed E-state index contributed by atoms with van der Waals surface area (Å²) in [4.78, 5) is 31.9. The predicted octanol–water partition coefficient (Wildman–Crippen LogP) is 3.92. The van der Waals surface area contributed by atoms with Crippen molar-refractivity contribution in [1.82, 2.24) is 9.88 Å². The fourth-order valence-electron chi connectivity index (χ4n) is 3.26. The number of aromatic nitrogens is 1. The number of hydrogen-bond acceptors (Lipinski definition) is 5. The van der Waals surface area contributed by atoms with Crippen LogP contribution in [0.15, 0.2) is 83.7 Å². The number of thiophene rings is 1. The second-order valence-electron chi connectivity index (χ2n) is 6.17. The number of carbonyl (C=O) groups is 2. The molecule has 0 bridgehead atoms. The van der Waals surface area contributed by atoms with Crippen LogP contribution in [0.25, 0.3) is 0 Å². The molecule has 6 heteroatoms. The Kier molecular flexibility index (Phi) is 4.56. The molecule has 4 rings (SSSR count). The van der Waals surface area contributed by atoms with Crippen LogP contribution in [0.1, 0.15) is 26.8 Å². The summed E-state index contributed by atoms with van der Waals surface area (Å²) in [6.07, 6.45) is 3.23. The Labute approximate surface area is 160 Å². The van der Waals surface area contributed by atoms with E-state index in [1.54, 1.807) is 42.0 Å². The Bertz CT molecular complexity index is 998. The summed E-state index contributed by atoms with van der Waals surface area (Å²) >= 11 is 1.29. The van der Waals surface area contributed by atoms with Crippen molar-refractivity contribution in [3.8, 4) is 0 Å². The van der Waals surface area contributed by atoms with E-state index in [0.29, 0.717) is 4.88 Å². The molecule has 1 aliphatic heterocycles. The predicted molar refractivity (Wildman–Crippen MR) is 102 cm³/mol. The smallest absolute Gasteiger partial charge is 0.290 e. The van der Waals surface area contributed by atoms with Gasteiger partial charge < -0.3 is 10.0 Å². The maximum Gasteiger partial charge on any atom is 0.290 e. The molecule has 134 valence electrons. The largest absolute Gasteiger partial charge is 0.503 e. The molecular weight excluding hydrogens is 360 g/mol. The highest BCUT2D eigenvalue weighted by Gasteiger charge is 2.43. The zero-order valence-electron chi connectivity index (χ0n) is 14.3. The molecule has 1 amide bonds. The van der Waals surface area contributed by atoms with Crippen molar-refractivity contribution in [2.45, 2.75) is 12.6 Å². The number of hydrogen-bond donors (Lipinski definition) is 1. The maximum atomic E-state index is 13.0. The Morgan fingerprint density at radius 2 is 1.81 bits per heavy atom. The van der Waals surface area contributed by atoms with Gasteiger partial charge in [-0.2, -0.15) is 0 Å². The van der Waals surface area contributed by atoms with Gasteiger partial charge in [0.05, 0.1) is 16.5 Å². The van der Waals surface area contributed by atoms with E-state index in [4.69, 9.17) is 0 Å². The summed E-state index contributed by atoms with van der Waals surface area (Å²) in [6, 6.07) is 15.8. The normalized spacial score (nSPS) is 16.8. The zero-order valence-corrected chi connectivity index (χ0v) is 15.1. The van der Waals surface area contributed by atoms with E-state index in [-0.39, 0.29) is 17.9 Å². The van der Waals surface area contributed by atoms with Gasteiger partial charge in [0.2, 0.25) is 5.78 Å². The van der Waals surface area contributed by atoms with E-state index in [2.05, 4.69) is 4.98 Å². The van der Waals surface area contributed by atoms with Crippen LogP contribution in [0.4, 0.5) is 0 Å². The first kappa shape index (κ1) is 17.2. The number of pyridine rings is 1. The molecule has 0 saturated carbocycles. The molecule has 0 saturated heterocycles. The number of ketones is 1. The highest BCUT2D eigenvalue weighted by Crippen LogP contribution is 2.40. The van der Waals surface area contributed by atoms with Gasteiger partial charge in [0.1, 0.15) is 0 Å². The summed E-state index contributed by atoms with van der Waals surface area (Å²) in [7, 11) is 0. The summed E-state index contributed by atoms with van der Waals surface area (Å²) in [5.74, 6) is -1.35. The molecule has 1 unspecified atom stereocenters. The van der Waals surface area contributed by atoms with Crippen molar-refractivity contribution >= 4 is 23.0 Å². The van der Waals surface area contributed by atoms with Gasteiger partial charge in [-0.25, -0.2) is 0 Å². The van der Waals surface area contributed by atoms with Crippen molar-refractivity contribution in [2.24, 2.45) is 0 Å². The number of aliphatic hydroxyl groups is 1. The number of nitrogens with zero attached hydrogens (tertiary/aromatic N) is 2. The minimum Gasteiger partial charge on any atom is -0.503 e. The van der Waals surface area contributed by atoms with E-state index in [1.165, 1.54) is 16.2 Å². The van der Waals surface area contributed by atoms with Gasteiger partial charge in [0, 0.05) is 18.9 Å². The summed E-state index contributed by atoms with van der Waals surface area (Å²) in [6.45, 7) is 0.290. The third-order valence-electron chi connectivity index (χ3n) is 4.51. The van der Waals surface area contributed by atoms with Crippen molar-refractivity contribution in [3.63, 3.8) is 0 Å². The van der Waals surface area contributed by atoms with Gasteiger partial charge in [-0.3, -0.25) is 14.6 Å². The molecule has 1 N–H and O–H groups in total. The van der Waals surface area contributed by atoms with Gasteiger partial charge in [-0.1, -0.05) is 36.4 Å². The first-order valence-electron chi connectivity index (χ1n) is 8.43. The van der Waals surface area contributed by atoms with Crippen molar-refractivity contribution in [2.75, 3.05) is 0 Å². The summed E-state index contributed by atoms with van der Waals surface area (Å²) in [5, 5.41) is 12.4. The topological polar surface area (TPSA) is 70.5 Å². The average molecular weight is 376 g/mol. The fraction of sp³-hybridized carbons (Fsp3) is 0.0952. The lowest BCUT2D eigenvalue weighted by atomic mass is 9.96. The number of aliphatic hydroxyl groups excluding tert-OH is 1. The lowest BCUT2D eigenvalue weighted by Crippen LogP contribution is -2.30. The van der Waals surface area contributed by atoms with Crippen molar-refractivity contribution < 1.29 is 14.7 Å². The maximum absolute atomic E-state index is 13.0. The molecule has 5 nitrogen and oxygen atoms in total. The average Bonchev–Trinajstić information content (AvgIpc) is 3.32. The van der Waals surface area contributed by atoms with Crippen LogP contribution in [0.3, 0.4) is 0 Å². The molecule has 0 fully saturated rings. The zero-order chi connectivity index (χ0) is 18.8. The molecule has 3 heterocycles. The number of benzene rings is 1. The minimum atomic E-state index is -0.657. The Morgan fingerprint density at radius 3 is 2.48 bits per heavy atom. The van der Waals surface area contributed by atoms with Gasteiger partial charge in [0.25, 0.3) is 5.91 Å². The van der Waals surface area contributed by atoms with Crippen molar-refractivity contribution in [3.05, 3.63) is 99.7 Å². The van der Waals surface area contributed by atoms with Crippen LogP contribution in [0.5, 0.6) is 0 Å². The summed E-state index contributed by atoms with van der Waals surface area (Å²) < 4.78 is 0. The van der Waals surface area contributed by atoms with Crippen LogP contribution in [-0.4, -0.2) is 26.7 Å². The first-order chi connectivity index (χ1) is 13.2. The molecule has 0 spiro atoms. The highest BCUT2D eigenvalue weighted by atomic mass is 32.1. The van der Waals surface area contributed by atoms with Gasteiger partial charge in [-0.05, 0) is 34.7 Å². The Morgan fingerprint density at radius 1 is 1.07 bits per heavy atom. The van der Waals surface area contributed by atoms with Crippen LogP contribution in [0.2, 0.25) is 0 Å². The van der Waals surface area contributed by atoms with E-state index in [1.807, 2.05) is 30.3 Å². The van der Waals surface area contributed by atoms with Crippen LogP contribution < -0.4 is 0 Å². The highest BCUT2D eigenvalue weighted by molar-refractivity contribution is 7.12. The second kappa shape index (κ2) is 7.17. The molecule has 0 radical (unpaired) electrons. The van der Waals surface area contributed by atoms with Crippen molar-refractivity contribution in [1.29, 1.82) is 0 Å². The van der Waals surface area contributed by atoms with E-state index < -0.39 is 17.7 Å². The molecule has 1 aromatic carbocycles. The molecule has 1 aliphatic rings. The quantitative estimate of drug-likeness (QED) is 0.685. The molecule has 1 atom stereocenters. The van der Waals surface area contributed by atoms with E-state index in [9.17, 15) is 14.7 Å². The SMILES string of the molecule is O=C(C1=C(O)C(=O)N(Cc2ccccc2)C1c1ccncc1)c1cccs1. The third-order valence-corrected chi connectivity index (χ3v) is 5.38. The number of amides is 1. The lowest BCUT2D eigenvalue weighted by molar-refractivity contribution is -0.130. The third kappa shape index (κ3) is 3.15. The molecule has 27 heavy (non-hydrogen) atoms. The van der Waals surface area contributed by atoms with E-state index in [0.717, 1.165) is 11.1 Å². The number of rotatable bonds is 5. The van der Waals surface area contributed by atoms with Crippen LogP contribution in [-0.2, 0) is 11.3 Å². The molecule has 2 aromatic heterocycles. The summed E-state index contributed by atoms with van der Waals surface area (Å²) in [5.41, 5.74) is 1.77. The number of carbonyl (C=O) groups excluding carboxylic acids is 2. The Balaban J connectivity index is 1.79. The molecule has 3 aromatic rings.